The van der Waals surface area contributed by atoms with E-state index in [9.17, 15) is 4.79 Å². The second-order valence-corrected chi connectivity index (χ2v) is 3.89. The average Bonchev–Trinajstić information content (AvgIpc) is 2.66. The maximum Gasteiger partial charge on any atom is 0.194 e. The van der Waals surface area contributed by atoms with Gasteiger partial charge in [-0.05, 0) is 30.3 Å². The Morgan fingerprint density at radius 1 is 1.31 bits per heavy atom. The lowest BCUT2D eigenvalue weighted by molar-refractivity contribution is 0.0988. The second kappa shape index (κ2) is 4.02. The molecule has 4 heteroatoms. The summed E-state index contributed by atoms with van der Waals surface area (Å²) in [7, 11) is 0. The molecular weight excluding hydrogens is 226 g/mol. The van der Waals surface area contributed by atoms with Crippen LogP contribution >= 0.6 is 11.6 Å². The smallest absolute Gasteiger partial charge is 0.194 e. The molecule has 2 aromatic rings. The summed E-state index contributed by atoms with van der Waals surface area (Å²) >= 11 is 5.80. The van der Waals surface area contributed by atoms with Crippen LogP contribution in [0.2, 0.25) is 5.02 Å². The lowest BCUT2D eigenvalue weighted by Crippen LogP contribution is -1.89. The molecule has 0 amide bonds. The standard InChI is InChI=1S/C12H10ClNO2/c1-7(15)11-4-5-12(16-11)9-3-2-8(13)6-10(9)14/h2-6H,14H2,1H3. The van der Waals surface area contributed by atoms with Crippen molar-refractivity contribution in [3.8, 4) is 11.3 Å². The predicted octanol–water partition coefficient (Wildman–Crippen LogP) is 3.38. The van der Waals surface area contributed by atoms with Crippen LogP contribution in [-0.4, -0.2) is 5.78 Å². The molecular formula is C12H10ClNO2. The van der Waals surface area contributed by atoms with Crippen molar-refractivity contribution >= 4 is 23.1 Å². The Morgan fingerprint density at radius 2 is 2.06 bits per heavy atom. The number of carbonyl (C=O) groups excluding carboxylic acids is 1. The summed E-state index contributed by atoms with van der Waals surface area (Å²) in [4.78, 5) is 11.1. The Labute approximate surface area is 97.8 Å². The molecule has 0 bridgehead atoms. The largest absolute Gasteiger partial charge is 0.453 e. The summed E-state index contributed by atoms with van der Waals surface area (Å²) in [6.07, 6.45) is 0. The predicted molar refractivity (Wildman–Crippen MR) is 63.6 cm³/mol. The molecule has 0 spiro atoms. The van der Waals surface area contributed by atoms with Crippen LogP contribution in [-0.2, 0) is 0 Å². The van der Waals surface area contributed by atoms with E-state index < -0.39 is 0 Å². The highest BCUT2D eigenvalue weighted by atomic mass is 35.5. The van der Waals surface area contributed by atoms with Crippen molar-refractivity contribution in [2.45, 2.75) is 6.92 Å². The minimum absolute atomic E-state index is 0.112. The number of nitrogens with two attached hydrogens (primary N) is 1. The van der Waals surface area contributed by atoms with Crippen LogP contribution in [0.4, 0.5) is 5.69 Å². The van der Waals surface area contributed by atoms with E-state index in [4.69, 9.17) is 21.8 Å². The van der Waals surface area contributed by atoms with E-state index in [0.29, 0.717) is 22.2 Å². The third-order valence-electron chi connectivity index (χ3n) is 2.23. The number of furan rings is 1. The third-order valence-corrected chi connectivity index (χ3v) is 2.47. The van der Waals surface area contributed by atoms with Crippen LogP contribution in [0.25, 0.3) is 11.3 Å². The number of nitrogen functional groups attached to an aromatic ring is 1. The lowest BCUT2D eigenvalue weighted by atomic mass is 10.1. The average molecular weight is 236 g/mol. The van der Waals surface area contributed by atoms with E-state index >= 15 is 0 Å². The fourth-order valence-electron chi connectivity index (χ4n) is 1.43. The summed E-state index contributed by atoms with van der Waals surface area (Å²) in [6.45, 7) is 1.45. The van der Waals surface area contributed by atoms with E-state index in [2.05, 4.69) is 0 Å². The zero-order chi connectivity index (χ0) is 11.7. The van der Waals surface area contributed by atoms with Gasteiger partial charge in [0.15, 0.2) is 11.5 Å². The Kier molecular flexibility index (Phi) is 2.71. The molecule has 1 heterocycles. The Hall–Kier alpha value is -1.74. The van der Waals surface area contributed by atoms with E-state index in [1.165, 1.54) is 6.92 Å². The highest BCUT2D eigenvalue weighted by Gasteiger charge is 2.10. The van der Waals surface area contributed by atoms with Crippen molar-refractivity contribution in [1.29, 1.82) is 0 Å². The number of carbonyl (C=O) groups is 1. The molecule has 0 aliphatic rings. The van der Waals surface area contributed by atoms with Gasteiger partial charge in [-0.3, -0.25) is 4.79 Å². The maximum atomic E-state index is 11.1. The van der Waals surface area contributed by atoms with Gasteiger partial charge < -0.3 is 10.2 Å². The number of hydrogen-bond donors (Lipinski definition) is 1. The number of anilines is 1. The van der Waals surface area contributed by atoms with Gasteiger partial charge >= 0.3 is 0 Å². The van der Waals surface area contributed by atoms with Crippen LogP contribution < -0.4 is 5.73 Å². The van der Waals surface area contributed by atoms with Crippen molar-refractivity contribution in [3.63, 3.8) is 0 Å². The second-order valence-electron chi connectivity index (χ2n) is 3.45. The van der Waals surface area contributed by atoms with Crippen molar-refractivity contribution in [2.75, 3.05) is 5.73 Å². The van der Waals surface area contributed by atoms with Gasteiger partial charge in [0.1, 0.15) is 5.76 Å². The molecule has 82 valence electrons. The third kappa shape index (κ3) is 1.95. The lowest BCUT2D eigenvalue weighted by Gasteiger charge is -2.02. The van der Waals surface area contributed by atoms with Crippen molar-refractivity contribution in [1.82, 2.24) is 0 Å². The molecule has 3 nitrogen and oxygen atoms in total. The van der Waals surface area contributed by atoms with Gasteiger partial charge in [-0.1, -0.05) is 11.6 Å². The van der Waals surface area contributed by atoms with Gasteiger partial charge in [0.05, 0.1) is 0 Å². The highest BCUT2D eigenvalue weighted by Crippen LogP contribution is 2.29. The number of rotatable bonds is 2. The van der Waals surface area contributed by atoms with Crippen molar-refractivity contribution in [2.24, 2.45) is 0 Å². The number of Topliss-reactive ketones (excluding diaryl/α,β-unsaturated/α-hetero) is 1. The van der Waals surface area contributed by atoms with E-state index in [1.807, 2.05) is 0 Å². The molecule has 2 N–H and O–H groups in total. The SMILES string of the molecule is CC(=O)c1ccc(-c2ccc(Cl)cc2N)o1. The van der Waals surface area contributed by atoms with Crippen molar-refractivity contribution < 1.29 is 9.21 Å². The number of benzene rings is 1. The van der Waals surface area contributed by atoms with Gasteiger partial charge in [0.25, 0.3) is 0 Å². The number of ketones is 1. The molecule has 0 saturated carbocycles. The number of hydrogen-bond acceptors (Lipinski definition) is 3. The van der Waals surface area contributed by atoms with Crippen LogP contribution in [0, 0.1) is 0 Å². The fraction of sp³-hybridized carbons (Fsp3) is 0.0833. The highest BCUT2D eigenvalue weighted by molar-refractivity contribution is 6.31. The summed E-state index contributed by atoms with van der Waals surface area (Å²) < 4.78 is 5.38. The number of halogens is 1. The van der Waals surface area contributed by atoms with Gasteiger partial charge in [0.2, 0.25) is 0 Å². The van der Waals surface area contributed by atoms with Gasteiger partial charge in [-0.15, -0.1) is 0 Å². The maximum absolute atomic E-state index is 11.1. The van der Waals surface area contributed by atoms with Crippen molar-refractivity contribution in [3.05, 3.63) is 41.1 Å². The molecule has 0 saturated heterocycles. The molecule has 0 unspecified atom stereocenters. The van der Waals surface area contributed by atoms with Crippen LogP contribution in [0.3, 0.4) is 0 Å². The first-order valence-electron chi connectivity index (χ1n) is 4.74. The first kappa shape index (κ1) is 10.8. The quantitative estimate of drug-likeness (QED) is 0.641. The molecule has 0 aliphatic heterocycles. The van der Waals surface area contributed by atoms with Crippen LogP contribution in [0.15, 0.2) is 34.7 Å². The zero-order valence-corrected chi connectivity index (χ0v) is 9.41. The molecule has 1 aromatic carbocycles. The van der Waals surface area contributed by atoms with Gasteiger partial charge in [0, 0.05) is 23.2 Å². The normalized spacial score (nSPS) is 10.4. The summed E-state index contributed by atoms with van der Waals surface area (Å²) in [5.41, 5.74) is 7.07. The van der Waals surface area contributed by atoms with Crippen LogP contribution in [0.1, 0.15) is 17.5 Å². The minimum atomic E-state index is -0.112. The van der Waals surface area contributed by atoms with Gasteiger partial charge in [-0.25, -0.2) is 0 Å². The molecule has 2 rings (SSSR count). The van der Waals surface area contributed by atoms with Crippen LogP contribution in [0.5, 0.6) is 0 Å². The summed E-state index contributed by atoms with van der Waals surface area (Å²) in [6, 6.07) is 8.48. The van der Waals surface area contributed by atoms with Gasteiger partial charge in [-0.2, -0.15) is 0 Å². The monoisotopic (exact) mass is 235 g/mol. The fourth-order valence-corrected chi connectivity index (χ4v) is 1.61. The topological polar surface area (TPSA) is 56.2 Å². The Bertz CT molecular complexity index is 546. The minimum Gasteiger partial charge on any atom is -0.453 e. The zero-order valence-electron chi connectivity index (χ0n) is 8.66. The molecule has 1 aromatic heterocycles. The van der Waals surface area contributed by atoms with E-state index in [0.717, 1.165) is 5.56 Å². The summed E-state index contributed by atoms with van der Waals surface area (Å²) in [5, 5.41) is 0.569. The van der Waals surface area contributed by atoms with E-state index in [1.54, 1.807) is 30.3 Å². The molecule has 0 fully saturated rings. The Morgan fingerprint density at radius 3 is 2.62 bits per heavy atom. The van der Waals surface area contributed by atoms with E-state index in [-0.39, 0.29) is 5.78 Å². The molecule has 0 radical (unpaired) electrons. The summed E-state index contributed by atoms with van der Waals surface area (Å²) in [5.74, 6) is 0.780. The Balaban J connectivity index is 2.46. The first-order valence-corrected chi connectivity index (χ1v) is 5.12. The molecule has 0 atom stereocenters. The molecule has 16 heavy (non-hydrogen) atoms. The first-order chi connectivity index (χ1) is 7.58. The molecule has 0 aliphatic carbocycles.